The van der Waals surface area contributed by atoms with Crippen LogP contribution in [-0.2, 0) is 6.42 Å². The Morgan fingerprint density at radius 2 is 1.43 bits per heavy atom. The van der Waals surface area contributed by atoms with E-state index < -0.39 is 0 Å². The molecule has 2 aliphatic rings. The van der Waals surface area contributed by atoms with Gasteiger partial charge in [-0.1, -0.05) is 71.3 Å². The number of rotatable bonds is 10. The van der Waals surface area contributed by atoms with E-state index in [0.29, 0.717) is 0 Å². The number of aryl methyl sites for hydroxylation is 1. The molecule has 0 aliphatic heterocycles. The molecule has 0 bridgehead atoms. The second-order valence-electron chi connectivity index (χ2n) is 9.94. The molecule has 0 radical (unpaired) electrons. The fourth-order valence-corrected chi connectivity index (χ4v) is 5.90. The third kappa shape index (κ3) is 6.60. The van der Waals surface area contributed by atoms with Crippen molar-refractivity contribution in [1.82, 2.24) is 4.98 Å². The Bertz CT molecular complexity index is 518. The molecule has 2 aliphatic carbocycles. The standard InChI is InChI=1S/C27H45N/c1-3-5-7-8-10-22-11-14-24(15-12-22)25-16-18-26(19-17-25)27-20-13-23(21-28-27)9-6-4-2/h13,20-22,24-26H,3-12,14-19H2,1-2H3/t22-,24-,25?,26?. The Morgan fingerprint density at radius 1 is 0.750 bits per heavy atom. The third-order valence-electron chi connectivity index (χ3n) is 7.88. The van der Waals surface area contributed by atoms with Gasteiger partial charge in [-0.2, -0.15) is 0 Å². The Labute approximate surface area is 175 Å². The molecular formula is C27H45N. The normalized spacial score (nSPS) is 28.4. The van der Waals surface area contributed by atoms with E-state index in [0.717, 1.165) is 23.7 Å². The summed E-state index contributed by atoms with van der Waals surface area (Å²) in [7, 11) is 0. The predicted molar refractivity (Wildman–Crippen MR) is 122 cm³/mol. The van der Waals surface area contributed by atoms with Crippen LogP contribution in [-0.4, -0.2) is 4.98 Å². The van der Waals surface area contributed by atoms with Gasteiger partial charge in [-0.3, -0.25) is 4.98 Å². The van der Waals surface area contributed by atoms with Gasteiger partial charge in [0.15, 0.2) is 0 Å². The second-order valence-corrected chi connectivity index (χ2v) is 9.94. The minimum Gasteiger partial charge on any atom is -0.261 e. The van der Waals surface area contributed by atoms with E-state index in [-0.39, 0.29) is 0 Å². The largest absolute Gasteiger partial charge is 0.261 e. The molecule has 1 aromatic rings. The highest BCUT2D eigenvalue weighted by molar-refractivity contribution is 5.17. The van der Waals surface area contributed by atoms with Crippen LogP contribution >= 0.6 is 0 Å². The minimum absolute atomic E-state index is 0.728. The van der Waals surface area contributed by atoms with Crippen LogP contribution in [0.3, 0.4) is 0 Å². The van der Waals surface area contributed by atoms with Crippen LogP contribution in [0.5, 0.6) is 0 Å². The summed E-state index contributed by atoms with van der Waals surface area (Å²) in [5, 5.41) is 0. The Morgan fingerprint density at radius 3 is 2.04 bits per heavy atom. The highest BCUT2D eigenvalue weighted by Crippen LogP contribution is 2.44. The molecule has 1 heterocycles. The van der Waals surface area contributed by atoms with Crippen molar-refractivity contribution in [2.24, 2.45) is 17.8 Å². The number of aromatic nitrogens is 1. The zero-order valence-corrected chi connectivity index (χ0v) is 18.8. The van der Waals surface area contributed by atoms with Crippen molar-refractivity contribution in [3.05, 3.63) is 29.6 Å². The molecule has 0 atom stereocenters. The lowest BCUT2D eigenvalue weighted by Crippen LogP contribution is -2.25. The Kier molecular flexibility index (Phi) is 9.35. The quantitative estimate of drug-likeness (QED) is 0.369. The molecule has 0 spiro atoms. The molecule has 0 saturated heterocycles. The molecule has 1 nitrogen and oxygen atoms in total. The third-order valence-corrected chi connectivity index (χ3v) is 7.88. The summed E-state index contributed by atoms with van der Waals surface area (Å²) in [6, 6.07) is 4.67. The molecule has 0 N–H and O–H groups in total. The maximum atomic E-state index is 4.84. The number of unbranched alkanes of at least 4 members (excludes halogenated alkanes) is 4. The number of nitrogens with zero attached hydrogens (tertiary/aromatic N) is 1. The van der Waals surface area contributed by atoms with Crippen molar-refractivity contribution >= 4 is 0 Å². The summed E-state index contributed by atoms with van der Waals surface area (Å²) in [5.41, 5.74) is 2.79. The zero-order valence-electron chi connectivity index (χ0n) is 18.8. The van der Waals surface area contributed by atoms with E-state index in [1.807, 2.05) is 0 Å². The first kappa shape index (κ1) is 21.8. The lowest BCUT2D eigenvalue weighted by molar-refractivity contribution is 0.155. The number of hydrogen-bond donors (Lipinski definition) is 0. The molecular weight excluding hydrogens is 338 g/mol. The maximum Gasteiger partial charge on any atom is 0.0434 e. The van der Waals surface area contributed by atoms with Crippen LogP contribution in [0, 0.1) is 17.8 Å². The van der Waals surface area contributed by atoms with Gasteiger partial charge in [-0.05, 0) is 80.8 Å². The van der Waals surface area contributed by atoms with Crippen LogP contribution in [0.15, 0.2) is 18.3 Å². The van der Waals surface area contributed by atoms with Crippen molar-refractivity contribution in [3.63, 3.8) is 0 Å². The summed E-state index contributed by atoms with van der Waals surface area (Å²) >= 11 is 0. The average Bonchev–Trinajstić information content (AvgIpc) is 2.76. The lowest BCUT2D eigenvalue weighted by Gasteiger charge is -2.38. The van der Waals surface area contributed by atoms with Crippen molar-refractivity contribution in [3.8, 4) is 0 Å². The predicted octanol–water partition coefficient (Wildman–Crippen LogP) is 8.47. The molecule has 158 valence electrons. The van der Waals surface area contributed by atoms with E-state index in [1.54, 1.807) is 0 Å². The van der Waals surface area contributed by atoms with Crippen molar-refractivity contribution in [1.29, 1.82) is 0 Å². The van der Waals surface area contributed by atoms with Crippen LogP contribution in [0.25, 0.3) is 0 Å². The molecule has 2 fully saturated rings. The van der Waals surface area contributed by atoms with Gasteiger partial charge in [0.2, 0.25) is 0 Å². The summed E-state index contributed by atoms with van der Waals surface area (Å²) in [6.07, 6.45) is 24.9. The smallest absolute Gasteiger partial charge is 0.0434 e. The summed E-state index contributed by atoms with van der Waals surface area (Å²) in [6.45, 7) is 4.58. The van der Waals surface area contributed by atoms with Gasteiger partial charge in [0.1, 0.15) is 0 Å². The van der Waals surface area contributed by atoms with Crippen molar-refractivity contribution in [2.45, 2.75) is 122 Å². The second kappa shape index (κ2) is 12.0. The summed E-state index contributed by atoms with van der Waals surface area (Å²) < 4.78 is 0. The van der Waals surface area contributed by atoms with Gasteiger partial charge >= 0.3 is 0 Å². The maximum absolute atomic E-state index is 4.84. The summed E-state index contributed by atoms with van der Waals surface area (Å²) in [4.78, 5) is 4.84. The molecule has 0 unspecified atom stereocenters. The van der Waals surface area contributed by atoms with Gasteiger partial charge in [-0.15, -0.1) is 0 Å². The molecule has 0 amide bonds. The average molecular weight is 384 g/mol. The van der Waals surface area contributed by atoms with Gasteiger partial charge in [-0.25, -0.2) is 0 Å². The first-order valence-corrected chi connectivity index (χ1v) is 12.7. The van der Waals surface area contributed by atoms with Crippen molar-refractivity contribution < 1.29 is 0 Å². The zero-order chi connectivity index (χ0) is 19.6. The topological polar surface area (TPSA) is 12.9 Å². The van der Waals surface area contributed by atoms with Crippen molar-refractivity contribution in [2.75, 3.05) is 0 Å². The van der Waals surface area contributed by atoms with Gasteiger partial charge in [0.05, 0.1) is 0 Å². The van der Waals surface area contributed by atoms with Gasteiger partial charge < -0.3 is 0 Å². The van der Waals surface area contributed by atoms with E-state index in [9.17, 15) is 0 Å². The van der Waals surface area contributed by atoms with Crippen LogP contribution in [0.2, 0.25) is 0 Å². The molecule has 2 saturated carbocycles. The minimum atomic E-state index is 0.728. The highest BCUT2D eigenvalue weighted by Gasteiger charge is 2.31. The van der Waals surface area contributed by atoms with Gasteiger partial charge in [0, 0.05) is 17.8 Å². The Hall–Kier alpha value is -0.850. The SMILES string of the molecule is CCCCCC[C@H]1CC[C@H](C2CCC(c3ccc(CCCC)cn3)CC2)CC1. The van der Waals surface area contributed by atoms with Gasteiger partial charge in [0.25, 0.3) is 0 Å². The van der Waals surface area contributed by atoms with E-state index in [4.69, 9.17) is 4.98 Å². The molecule has 28 heavy (non-hydrogen) atoms. The fourth-order valence-electron chi connectivity index (χ4n) is 5.90. The van der Waals surface area contributed by atoms with E-state index >= 15 is 0 Å². The summed E-state index contributed by atoms with van der Waals surface area (Å²) in [5.74, 6) is 3.84. The fraction of sp³-hybridized carbons (Fsp3) is 0.815. The lowest BCUT2D eigenvalue weighted by atomic mass is 9.68. The molecule has 3 rings (SSSR count). The first-order valence-electron chi connectivity index (χ1n) is 12.7. The molecule has 0 aromatic carbocycles. The highest BCUT2D eigenvalue weighted by atomic mass is 14.7. The molecule has 1 heteroatoms. The monoisotopic (exact) mass is 383 g/mol. The molecule has 1 aromatic heterocycles. The Balaban J connectivity index is 1.36. The number of hydrogen-bond acceptors (Lipinski definition) is 1. The van der Waals surface area contributed by atoms with E-state index in [1.165, 1.54) is 114 Å². The van der Waals surface area contributed by atoms with Crippen LogP contribution < -0.4 is 0 Å². The van der Waals surface area contributed by atoms with Crippen LogP contribution in [0.4, 0.5) is 0 Å². The number of pyridine rings is 1. The van der Waals surface area contributed by atoms with Crippen LogP contribution in [0.1, 0.15) is 127 Å². The van der Waals surface area contributed by atoms with E-state index in [2.05, 4.69) is 32.2 Å². The first-order chi connectivity index (χ1) is 13.8.